The highest BCUT2D eigenvalue weighted by molar-refractivity contribution is 7.25. The Morgan fingerprint density at radius 2 is 0.688 bits per heavy atom. The van der Waals surface area contributed by atoms with Crippen molar-refractivity contribution in [2.24, 2.45) is 0 Å². The Morgan fingerprint density at radius 3 is 1.39 bits per heavy atom. The van der Waals surface area contributed by atoms with Crippen molar-refractivity contribution >= 4 is 70.1 Å². The molecule has 64 heavy (non-hydrogen) atoms. The molecule has 12 rings (SSSR count). The highest BCUT2D eigenvalue weighted by atomic mass is 32.1. The van der Waals surface area contributed by atoms with Gasteiger partial charge in [-0.25, -0.2) is 0 Å². The molecule has 0 aliphatic carbocycles. The monoisotopic (exact) mass is 831 g/mol. The molecule has 1 nitrogen and oxygen atoms in total. The largest absolute Gasteiger partial charge is 0.310 e. The molecular weight excluding hydrogens is 791 g/mol. The summed E-state index contributed by atoms with van der Waals surface area (Å²) in [6.07, 6.45) is 0. The molecule has 0 N–H and O–H groups in total. The summed E-state index contributed by atoms with van der Waals surface area (Å²) in [4.78, 5) is 2.42. The molecule has 0 bridgehead atoms. The number of nitrogens with zero attached hydrogens (tertiary/aromatic N) is 1. The van der Waals surface area contributed by atoms with Gasteiger partial charge in [-0.1, -0.05) is 200 Å². The molecule has 12 aromatic rings. The molecule has 0 unspecified atom stereocenters. The fourth-order valence-corrected chi connectivity index (χ4v) is 10.7. The van der Waals surface area contributed by atoms with E-state index in [0.29, 0.717) is 0 Å². The van der Waals surface area contributed by atoms with Gasteiger partial charge in [0.1, 0.15) is 0 Å². The average molecular weight is 832 g/mol. The van der Waals surface area contributed by atoms with E-state index in [4.69, 9.17) is 0 Å². The molecule has 0 fully saturated rings. The third-order valence-electron chi connectivity index (χ3n) is 12.7. The third-order valence-corrected chi connectivity index (χ3v) is 13.9. The lowest BCUT2D eigenvalue weighted by Crippen LogP contribution is -2.11. The molecule has 1 aromatic heterocycles. The molecule has 0 saturated carbocycles. The zero-order valence-electron chi connectivity index (χ0n) is 35.0. The molecule has 0 aliphatic heterocycles. The SMILES string of the molecule is c1ccc(-c2cccc3ccccc23)c(-c2ccc(N(c3ccc(-c4ccc(-c5cccc6ccccc56)cc4)cc3)c3ccccc3-c3ccc4sc5ccccc5c4c3)cc2)c1. The Kier molecular flexibility index (Phi) is 9.43. The third kappa shape index (κ3) is 6.73. The van der Waals surface area contributed by atoms with Crippen LogP contribution in [0.1, 0.15) is 0 Å². The number of para-hydroxylation sites is 1. The lowest BCUT2D eigenvalue weighted by molar-refractivity contribution is 1.28. The lowest BCUT2D eigenvalue weighted by Gasteiger charge is -2.28. The first-order chi connectivity index (χ1) is 31.7. The molecule has 0 atom stereocenters. The van der Waals surface area contributed by atoms with Crippen LogP contribution in [0.15, 0.2) is 249 Å². The van der Waals surface area contributed by atoms with E-state index < -0.39 is 0 Å². The summed E-state index contributed by atoms with van der Waals surface area (Å²) < 4.78 is 2.62. The average Bonchev–Trinajstić information content (AvgIpc) is 3.75. The van der Waals surface area contributed by atoms with Crippen molar-refractivity contribution in [1.82, 2.24) is 0 Å². The van der Waals surface area contributed by atoms with E-state index in [2.05, 4.69) is 254 Å². The molecule has 0 spiro atoms. The van der Waals surface area contributed by atoms with Crippen LogP contribution in [-0.4, -0.2) is 0 Å². The van der Waals surface area contributed by atoms with Crippen molar-refractivity contribution in [3.63, 3.8) is 0 Å². The van der Waals surface area contributed by atoms with Gasteiger partial charge in [0.25, 0.3) is 0 Å². The molecule has 1 heterocycles. The molecule has 11 aromatic carbocycles. The zero-order chi connectivity index (χ0) is 42.4. The van der Waals surface area contributed by atoms with Crippen LogP contribution in [-0.2, 0) is 0 Å². The minimum Gasteiger partial charge on any atom is -0.310 e. The fraction of sp³-hybridized carbons (Fsp3) is 0. The first-order valence-corrected chi connectivity index (χ1v) is 22.7. The van der Waals surface area contributed by atoms with Gasteiger partial charge in [0.15, 0.2) is 0 Å². The molecule has 0 amide bonds. The Balaban J connectivity index is 0.951. The van der Waals surface area contributed by atoms with E-state index in [1.807, 2.05) is 11.3 Å². The summed E-state index contributed by atoms with van der Waals surface area (Å²) in [5.41, 5.74) is 15.4. The second-order valence-electron chi connectivity index (χ2n) is 16.4. The van der Waals surface area contributed by atoms with Crippen molar-refractivity contribution in [3.05, 3.63) is 249 Å². The summed E-state index contributed by atoms with van der Waals surface area (Å²) in [5, 5.41) is 7.63. The molecule has 0 saturated heterocycles. The summed E-state index contributed by atoms with van der Waals surface area (Å²) in [7, 11) is 0. The second-order valence-corrected chi connectivity index (χ2v) is 17.5. The molecule has 2 heteroatoms. The number of fused-ring (bicyclic) bond motifs is 5. The van der Waals surface area contributed by atoms with Gasteiger partial charge in [0.05, 0.1) is 5.69 Å². The number of hydrogen-bond donors (Lipinski definition) is 0. The molecule has 0 aliphatic rings. The van der Waals surface area contributed by atoms with Crippen molar-refractivity contribution in [2.45, 2.75) is 0 Å². The number of anilines is 3. The highest BCUT2D eigenvalue weighted by Gasteiger charge is 2.19. The maximum absolute atomic E-state index is 2.42. The van der Waals surface area contributed by atoms with Crippen LogP contribution in [0.2, 0.25) is 0 Å². The minimum absolute atomic E-state index is 1.09. The van der Waals surface area contributed by atoms with Gasteiger partial charge in [-0.15, -0.1) is 11.3 Å². The Bertz CT molecular complexity index is 3640. The summed E-state index contributed by atoms with van der Waals surface area (Å²) in [5.74, 6) is 0. The standard InChI is InChI=1S/C62H41NS/c1-3-17-51-44(13-1)15-11-23-52(51)46-29-27-42(28-30-46)43-31-36-49(37-32-43)63(60-25-9-7-20-55(60)48-35-40-62-59(41-48)58-22-8-10-26-61(58)64-62)50-38-33-47(34-39-50)54-19-5-6-21-56(54)57-24-12-16-45-14-2-4-18-53(45)57/h1-41H. The van der Waals surface area contributed by atoms with Gasteiger partial charge in [-0.3, -0.25) is 0 Å². The maximum Gasteiger partial charge on any atom is 0.0540 e. The van der Waals surface area contributed by atoms with Gasteiger partial charge in [-0.2, -0.15) is 0 Å². The van der Waals surface area contributed by atoms with Crippen LogP contribution in [0, 0.1) is 0 Å². The van der Waals surface area contributed by atoms with Crippen molar-refractivity contribution in [3.8, 4) is 55.6 Å². The smallest absolute Gasteiger partial charge is 0.0540 e. The second kappa shape index (κ2) is 16.0. The first kappa shape index (κ1) is 37.7. The lowest BCUT2D eigenvalue weighted by atomic mass is 9.91. The van der Waals surface area contributed by atoms with Crippen LogP contribution >= 0.6 is 11.3 Å². The van der Waals surface area contributed by atoms with Gasteiger partial charge >= 0.3 is 0 Å². The van der Waals surface area contributed by atoms with Gasteiger partial charge in [0.2, 0.25) is 0 Å². The minimum atomic E-state index is 1.09. The summed E-state index contributed by atoms with van der Waals surface area (Å²) >= 11 is 1.86. The topological polar surface area (TPSA) is 3.24 Å². The zero-order valence-corrected chi connectivity index (χ0v) is 35.8. The summed E-state index contributed by atoms with van der Waals surface area (Å²) in [6, 6.07) is 90.9. The normalized spacial score (nSPS) is 11.4. The number of rotatable bonds is 8. The van der Waals surface area contributed by atoms with Gasteiger partial charge < -0.3 is 4.90 Å². The van der Waals surface area contributed by atoms with E-state index in [0.717, 1.165) is 17.1 Å². The van der Waals surface area contributed by atoms with Crippen LogP contribution in [0.25, 0.3) is 97.4 Å². The highest BCUT2D eigenvalue weighted by Crippen LogP contribution is 2.45. The van der Waals surface area contributed by atoms with Crippen LogP contribution in [0.3, 0.4) is 0 Å². The number of thiophene rings is 1. The van der Waals surface area contributed by atoms with Crippen LogP contribution < -0.4 is 4.90 Å². The van der Waals surface area contributed by atoms with Crippen LogP contribution in [0.4, 0.5) is 17.1 Å². The quantitative estimate of drug-likeness (QED) is 0.147. The summed E-state index contributed by atoms with van der Waals surface area (Å²) in [6.45, 7) is 0. The van der Waals surface area contributed by atoms with Crippen molar-refractivity contribution in [1.29, 1.82) is 0 Å². The van der Waals surface area contributed by atoms with E-state index in [-0.39, 0.29) is 0 Å². The fourth-order valence-electron chi connectivity index (χ4n) is 9.58. The Labute approximate surface area is 377 Å². The van der Waals surface area contributed by atoms with E-state index in [9.17, 15) is 0 Å². The predicted molar refractivity (Wildman–Crippen MR) is 276 cm³/mol. The van der Waals surface area contributed by atoms with Crippen molar-refractivity contribution in [2.75, 3.05) is 4.90 Å². The number of benzene rings is 11. The van der Waals surface area contributed by atoms with Gasteiger partial charge in [-0.05, 0) is 120 Å². The number of hydrogen-bond acceptors (Lipinski definition) is 2. The maximum atomic E-state index is 2.42. The molecular formula is C62H41NS. The van der Waals surface area contributed by atoms with Crippen LogP contribution in [0.5, 0.6) is 0 Å². The van der Waals surface area contributed by atoms with Crippen molar-refractivity contribution < 1.29 is 0 Å². The Hall–Kier alpha value is -8.04. The van der Waals surface area contributed by atoms with E-state index >= 15 is 0 Å². The first-order valence-electron chi connectivity index (χ1n) is 21.9. The molecule has 300 valence electrons. The van der Waals surface area contributed by atoms with E-state index in [1.54, 1.807) is 0 Å². The molecule has 0 radical (unpaired) electrons. The van der Waals surface area contributed by atoms with E-state index in [1.165, 1.54) is 97.4 Å². The predicted octanol–water partition coefficient (Wildman–Crippen LogP) is 18.2. The Morgan fingerprint density at radius 1 is 0.250 bits per heavy atom. The van der Waals surface area contributed by atoms with Gasteiger partial charge in [0, 0.05) is 37.1 Å².